The van der Waals surface area contributed by atoms with Crippen molar-refractivity contribution in [3.63, 3.8) is 0 Å². The highest BCUT2D eigenvalue weighted by molar-refractivity contribution is 5.96. The van der Waals surface area contributed by atoms with E-state index in [1.165, 1.54) is 26.9 Å². The number of piperazine rings is 1. The quantitative estimate of drug-likeness (QED) is 0.259. The van der Waals surface area contributed by atoms with Gasteiger partial charge >= 0.3 is 12.1 Å². The lowest BCUT2D eigenvalue weighted by molar-refractivity contribution is -0.133. The molecule has 2 fully saturated rings. The van der Waals surface area contributed by atoms with Gasteiger partial charge in [0.1, 0.15) is 23.5 Å². The molecule has 0 unspecified atom stereocenters. The van der Waals surface area contributed by atoms with Crippen molar-refractivity contribution in [3.8, 4) is 0 Å². The number of fused-ring (bicyclic) bond motifs is 1. The molecule has 2 aliphatic rings. The summed E-state index contributed by atoms with van der Waals surface area (Å²) in [5.74, 6) is -2.93. The van der Waals surface area contributed by atoms with E-state index in [-0.39, 0.29) is 74.5 Å². The lowest BCUT2D eigenvalue weighted by atomic mass is 10.1. The minimum atomic E-state index is -0.881. The number of anilines is 2. The van der Waals surface area contributed by atoms with E-state index in [0.717, 1.165) is 17.0 Å². The first-order chi connectivity index (χ1) is 22.6. The Hall–Kier alpha value is -5.68. The third kappa shape index (κ3) is 6.52. The highest BCUT2D eigenvalue weighted by Crippen LogP contribution is 2.32. The van der Waals surface area contributed by atoms with E-state index in [1.807, 2.05) is 0 Å². The number of carbonyl (C=O) groups is 4. The van der Waals surface area contributed by atoms with Crippen LogP contribution in [0.2, 0.25) is 0 Å². The second kappa shape index (κ2) is 13.0. The van der Waals surface area contributed by atoms with Crippen LogP contribution in [0, 0.1) is 11.6 Å². The number of amides is 3. The van der Waals surface area contributed by atoms with Crippen LogP contribution < -0.4 is 15.1 Å². The van der Waals surface area contributed by atoms with Gasteiger partial charge in [-0.3, -0.25) is 18.9 Å². The van der Waals surface area contributed by atoms with E-state index in [1.54, 1.807) is 36.7 Å². The number of hydrogen-bond acceptors (Lipinski definition) is 11. The Morgan fingerprint density at radius 3 is 2.55 bits per heavy atom. The van der Waals surface area contributed by atoms with Crippen LogP contribution in [0.4, 0.5) is 25.0 Å². The van der Waals surface area contributed by atoms with E-state index in [4.69, 9.17) is 9.47 Å². The fraction of sp³-hybridized carbons (Fsp3) is 0.379. The molecule has 0 spiro atoms. The molecule has 16 nitrogen and oxygen atoms in total. The van der Waals surface area contributed by atoms with Crippen molar-refractivity contribution in [2.75, 3.05) is 49.1 Å². The molecular formula is C29H30F2N10O6. The van der Waals surface area contributed by atoms with Crippen LogP contribution in [0.1, 0.15) is 34.8 Å². The fourth-order valence-corrected chi connectivity index (χ4v) is 5.43. The van der Waals surface area contributed by atoms with E-state index in [9.17, 15) is 19.2 Å². The highest BCUT2D eigenvalue weighted by atomic mass is 19.1. The minimum Gasteiger partial charge on any atom is -0.461 e. The largest absolute Gasteiger partial charge is 0.461 e. The maximum atomic E-state index is 15.4. The Labute approximate surface area is 265 Å². The molecule has 5 heterocycles. The van der Waals surface area contributed by atoms with Gasteiger partial charge in [0.15, 0.2) is 17.3 Å². The van der Waals surface area contributed by atoms with Crippen molar-refractivity contribution in [1.29, 1.82) is 0 Å². The molecular weight excluding hydrogens is 622 g/mol. The first kappa shape index (κ1) is 31.3. The van der Waals surface area contributed by atoms with Crippen molar-refractivity contribution in [2.24, 2.45) is 0 Å². The van der Waals surface area contributed by atoms with Crippen LogP contribution in [0.25, 0.3) is 5.78 Å². The normalized spacial score (nSPS) is 17.1. The number of hydrogen-bond donors (Lipinski definition) is 1. The zero-order chi connectivity index (χ0) is 33.2. The van der Waals surface area contributed by atoms with Gasteiger partial charge in [-0.2, -0.15) is 0 Å². The standard InChI is InChI=1S/C29H30F2N10O6/c1-3-46-27(44)23-16-40(36-35-23)13-19-14-41(29(45)47-19)18-11-20(30)24(21(31)12-18)37-7-9-38(10-8-37)26(43)17(2)33-25(42)22-15-39-6-4-5-32-28(39)34-22/h4-6,11-12,15-17,19H,3,7-10,13-14H2,1-2H3,(H,33,42)/t17-,19-/m0/s1. The number of imidazole rings is 1. The molecule has 4 aromatic rings. The Morgan fingerprint density at radius 2 is 1.85 bits per heavy atom. The Bertz CT molecular complexity index is 1780. The monoisotopic (exact) mass is 652 g/mol. The molecule has 0 saturated carbocycles. The topological polar surface area (TPSA) is 169 Å². The third-order valence-corrected chi connectivity index (χ3v) is 7.70. The number of rotatable bonds is 9. The molecule has 47 heavy (non-hydrogen) atoms. The molecule has 2 saturated heterocycles. The van der Waals surface area contributed by atoms with Crippen molar-refractivity contribution >= 4 is 41.0 Å². The number of nitrogens with zero attached hydrogens (tertiary/aromatic N) is 9. The van der Waals surface area contributed by atoms with Crippen molar-refractivity contribution in [3.05, 3.63) is 66.0 Å². The molecule has 1 aromatic carbocycles. The Kier molecular flexibility index (Phi) is 8.64. The van der Waals surface area contributed by atoms with Gasteiger partial charge in [-0.05, 0) is 19.9 Å². The van der Waals surface area contributed by atoms with Crippen molar-refractivity contribution in [2.45, 2.75) is 32.5 Å². The summed E-state index contributed by atoms with van der Waals surface area (Å²) in [4.78, 5) is 62.5. The molecule has 6 rings (SSSR count). The summed E-state index contributed by atoms with van der Waals surface area (Å²) in [6.07, 6.45) is 4.60. The lowest BCUT2D eigenvalue weighted by Gasteiger charge is -2.37. The van der Waals surface area contributed by atoms with Crippen LogP contribution >= 0.6 is 0 Å². The van der Waals surface area contributed by atoms with Gasteiger partial charge in [0.25, 0.3) is 5.91 Å². The summed E-state index contributed by atoms with van der Waals surface area (Å²) in [7, 11) is 0. The smallest absolute Gasteiger partial charge is 0.414 e. The zero-order valence-electron chi connectivity index (χ0n) is 25.4. The van der Waals surface area contributed by atoms with Crippen LogP contribution in [-0.2, 0) is 20.8 Å². The summed E-state index contributed by atoms with van der Waals surface area (Å²) >= 11 is 0. The molecule has 3 amide bonds. The average Bonchev–Trinajstić information content (AvgIpc) is 3.79. The molecule has 0 bridgehead atoms. The number of esters is 1. The first-order valence-electron chi connectivity index (χ1n) is 14.8. The summed E-state index contributed by atoms with van der Waals surface area (Å²) < 4.78 is 43.9. The summed E-state index contributed by atoms with van der Waals surface area (Å²) in [6, 6.07) is 2.94. The highest BCUT2D eigenvalue weighted by Gasteiger charge is 2.35. The number of benzene rings is 1. The number of carbonyl (C=O) groups excluding carboxylic acids is 4. The zero-order valence-corrected chi connectivity index (χ0v) is 25.4. The molecule has 0 radical (unpaired) electrons. The average molecular weight is 653 g/mol. The Morgan fingerprint density at radius 1 is 1.11 bits per heavy atom. The third-order valence-electron chi connectivity index (χ3n) is 7.70. The van der Waals surface area contributed by atoms with Gasteiger partial charge in [-0.15, -0.1) is 5.10 Å². The van der Waals surface area contributed by atoms with E-state index < -0.39 is 41.7 Å². The maximum Gasteiger partial charge on any atom is 0.414 e. The predicted octanol–water partition coefficient (Wildman–Crippen LogP) is 1.27. The number of halogens is 2. The van der Waals surface area contributed by atoms with Crippen LogP contribution in [0.5, 0.6) is 0 Å². The summed E-state index contributed by atoms with van der Waals surface area (Å²) in [5.41, 5.74) is -0.195. The number of ether oxygens (including phenoxy) is 2. The van der Waals surface area contributed by atoms with Gasteiger partial charge in [0, 0.05) is 56.9 Å². The predicted molar refractivity (Wildman–Crippen MR) is 159 cm³/mol. The summed E-state index contributed by atoms with van der Waals surface area (Å²) in [6.45, 7) is 4.03. The fourth-order valence-electron chi connectivity index (χ4n) is 5.43. The summed E-state index contributed by atoms with van der Waals surface area (Å²) in [5, 5.41) is 10.2. The minimum absolute atomic E-state index is 0.00313. The van der Waals surface area contributed by atoms with Crippen LogP contribution in [-0.4, -0.2) is 110 Å². The van der Waals surface area contributed by atoms with Crippen molar-refractivity contribution in [1.82, 2.24) is 39.6 Å². The molecule has 3 aromatic heterocycles. The van der Waals surface area contributed by atoms with Crippen LogP contribution in [0.3, 0.4) is 0 Å². The van der Waals surface area contributed by atoms with Gasteiger partial charge in [0.05, 0.1) is 31.6 Å². The number of aromatic nitrogens is 6. The Balaban J connectivity index is 1.04. The number of cyclic esters (lactones) is 1. The van der Waals surface area contributed by atoms with E-state index in [0.29, 0.717) is 5.78 Å². The van der Waals surface area contributed by atoms with Gasteiger partial charge in [0.2, 0.25) is 11.7 Å². The van der Waals surface area contributed by atoms with Crippen LogP contribution in [0.15, 0.2) is 43.0 Å². The second-order valence-corrected chi connectivity index (χ2v) is 10.9. The molecule has 18 heteroatoms. The van der Waals surface area contributed by atoms with E-state index in [2.05, 4.69) is 25.6 Å². The number of nitrogens with one attached hydrogen (secondary N) is 1. The van der Waals surface area contributed by atoms with Crippen molar-refractivity contribution < 1.29 is 37.4 Å². The second-order valence-electron chi connectivity index (χ2n) is 10.9. The van der Waals surface area contributed by atoms with E-state index >= 15 is 8.78 Å². The van der Waals surface area contributed by atoms with Gasteiger partial charge in [-0.1, -0.05) is 5.21 Å². The molecule has 2 aliphatic heterocycles. The lowest BCUT2D eigenvalue weighted by Crippen LogP contribution is -2.54. The van der Waals surface area contributed by atoms with Gasteiger partial charge in [-0.25, -0.2) is 33.0 Å². The molecule has 2 atom stereocenters. The van der Waals surface area contributed by atoms with Gasteiger partial charge < -0.3 is 24.6 Å². The molecule has 1 N–H and O–H groups in total. The maximum absolute atomic E-state index is 15.4. The molecule has 246 valence electrons. The first-order valence-corrected chi connectivity index (χ1v) is 14.8. The SMILES string of the molecule is CCOC(=O)c1cn(C[C@H]2CN(c3cc(F)c(N4CCN(C(=O)[C@H](C)NC(=O)c5cn6cccnc6n5)CC4)c(F)c3)C(=O)O2)nn1. The molecule has 0 aliphatic carbocycles.